The first-order valence-corrected chi connectivity index (χ1v) is 3.18. The smallest absolute Gasteiger partial charge is 0.365 e. The molecule has 0 bridgehead atoms. The summed E-state index contributed by atoms with van der Waals surface area (Å²) in [6.45, 7) is 1.42. The molecule has 2 nitrogen and oxygen atoms in total. The van der Waals surface area contributed by atoms with E-state index in [2.05, 4.69) is 4.98 Å². The molecular formula is C7H6F3NO. The van der Waals surface area contributed by atoms with Gasteiger partial charge in [0.1, 0.15) is 0 Å². The van der Waals surface area contributed by atoms with E-state index in [9.17, 15) is 18.0 Å². The van der Waals surface area contributed by atoms with Gasteiger partial charge in [-0.2, -0.15) is 13.2 Å². The second-order valence-corrected chi connectivity index (χ2v) is 2.34. The number of hydrogen-bond donors (Lipinski definition) is 1. The highest BCUT2D eigenvalue weighted by atomic mass is 19.4. The van der Waals surface area contributed by atoms with E-state index in [-0.39, 0.29) is 11.3 Å². The summed E-state index contributed by atoms with van der Waals surface area (Å²) in [5.41, 5.74) is -0.0835. The van der Waals surface area contributed by atoms with Gasteiger partial charge in [0.05, 0.1) is 0 Å². The van der Waals surface area contributed by atoms with Crippen molar-refractivity contribution in [2.45, 2.75) is 13.1 Å². The number of carbonyl (C=O) groups excluding carboxylic acids is 1. The number of hydrogen-bond acceptors (Lipinski definition) is 1. The number of aromatic amines is 1. The molecule has 0 amide bonds. The lowest BCUT2D eigenvalue weighted by atomic mass is 10.1. The minimum atomic E-state index is -4.78. The minimum Gasteiger partial charge on any atom is -0.365 e. The summed E-state index contributed by atoms with van der Waals surface area (Å²) < 4.78 is 35.5. The Bertz CT molecular complexity index is 300. The Kier molecular flexibility index (Phi) is 1.95. The van der Waals surface area contributed by atoms with Gasteiger partial charge >= 0.3 is 6.18 Å². The number of alkyl halides is 3. The maximum atomic E-state index is 11.8. The summed E-state index contributed by atoms with van der Waals surface area (Å²) in [7, 11) is 0. The van der Waals surface area contributed by atoms with E-state index < -0.39 is 12.0 Å². The van der Waals surface area contributed by atoms with Gasteiger partial charge in [-0.1, -0.05) is 0 Å². The number of aryl methyl sites for hydroxylation is 1. The molecule has 66 valence electrons. The van der Waals surface area contributed by atoms with E-state index in [1.165, 1.54) is 13.1 Å². The fourth-order valence-corrected chi connectivity index (χ4v) is 0.851. The molecule has 5 heteroatoms. The van der Waals surface area contributed by atoms with Gasteiger partial charge in [0.25, 0.3) is 5.78 Å². The molecule has 0 saturated carbocycles. The Morgan fingerprint density at radius 2 is 2.08 bits per heavy atom. The molecule has 1 heterocycles. The van der Waals surface area contributed by atoms with E-state index in [1.54, 1.807) is 0 Å². The molecule has 1 aromatic heterocycles. The molecule has 0 aliphatic carbocycles. The third-order valence-corrected chi connectivity index (χ3v) is 1.46. The second-order valence-electron chi connectivity index (χ2n) is 2.34. The van der Waals surface area contributed by atoms with Crippen molar-refractivity contribution in [3.8, 4) is 0 Å². The van der Waals surface area contributed by atoms with Gasteiger partial charge in [0.15, 0.2) is 0 Å². The number of carbonyl (C=O) groups is 1. The second kappa shape index (κ2) is 2.66. The third kappa shape index (κ3) is 1.49. The zero-order valence-electron chi connectivity index (χ0n) is 6.20. The Morgan fingerprint density at radius 3 is 2.42 bits per heavy atom. The summed E-state index contributed by atoms with van der Waals surface area (Å²) in [6, 6.07) is 1.12. The van der Waals surface area contributed by atoms with Crippen LogP contribution in [0.2, 0.25) is 0 Å². The van der Waals surface area contributed by atoms with Crippen LogP contribution in [0.4, 0.5) is 13.2 Å². The van der Waals surface area contributed by atoms with Crippen LogP contribution in [0.5, 0.6) is 0 Å². The lowest BCUT2D eigenvalue weighted by molar-refractivity contribution is -0.0885. The van der Waals surface area contributed by atoms with Crippen molar-refractivity contribution in [3.63, 3.8) is 0 Å². The molecule has 1 N–H and O–H groups in total. The van der Waals surface area contributed by atoms with Crippen LogP contribution in [-0.2, 0) is 0 Å². The molecule has 1 aromatic rings. The van der Waals surface area contributed by atoms with Gasteiger partial charge < -0.3 is 4.98 Å². The minimum absolute atomic E-state index is 0.234. The summed E-state index contributed by atoms with van der Waals surface area (Å²) in [5, 5.41) is 0. The lowest BCUT2D eigenvalue weighted by Gasteiger charge is -2.03. The highest BCUT2D eigenvalue weighted by Gasteiger charge is 2.40. The predicted molar refractivity (Wildman–Crippen MR) is 35.9 cm³/mol. The van der Waals surface area contributed by atoms with E-state index >= 15 is 0 Å². The predicted octanol–water partition coefficient (Wildman–Crippen LogP) is 2.07. The fourth-order valence-electron chi connectivity index (χ4n) is 0.851. The average molecular weight is 177 g/mol. The topological polar surface area (TPSA) is 32.9 Å². The summed E-state index contributed by atoms with van der Waals surface area (Å²) in [5.74, 6) is -1.80. The number of nitrogens with one attached hydrogen (secondary N) is 1. The highest BCUT2D eigenvalue weighted by molar-refractivity contribution is 6.01. The zero-order chi connectivity index (χ0) is 9.35. The highest BCUT2D eigenvalue weighted by Crippen LogP contribution is 2.22. The molecule has 0 unspecified atom stereocenters. The normalized spacial score (nSPS) is 11.7. The van der Waals surface area contributed by atoms with Gasteiger partial charge in [-0.15, -0.1) is 0 Å². The van der Waals surface area contributed by atoms with Crippen LogP contribution in [0.15, 0.2) is 12.3 Å². The van der Waals surface area contributed by atoms with Crippen LogP contribution in [0.25, 0.3) is 0 Å². The largest absolute Gasteiger partial charge is 0.454 e. The Hall–Kier alpha value is -1.26. The molecule has 0 saturated heterocycles. The van der Waals surface area contributed by atoms with Crippen LogP contribution in [0, 0.1) is 6.92 Å². The van der Waals surface area contributed by atoms with Gasteiger partial charge in [-0.25, -0.2) is 0 Å². The Labute approximate surface area is 66.4 Å². The van der Waals surface area contributed by atoms with Gasteiger partial charge in [-0.3, -0.25) is 4.79 Å². The molecule has 0 aliphatic rings. The first kappa shape index (κ1) is 8.83. The maximum absolute atomic E-state index is 11.8. The monoisotopic (exact) mass is 177 g/mol. The standard InChI is InChI=1S/C7H6F3NO/c1-4-5(2-3-11-4)6(12)7(8,9)10/h2-3,11H,1H3. The molecule has 0 spiro atoms. The van der Waals surface area contributed by atoms with Crippen molar-refractivity contribution in [2.24, 2.45) is 0 Å². The summed E-state index contributed by atoms with van der Waals surface area (Å²) in [6.07, 6.45) is -3.48. The third-order valence-electron chi connectivity index (χ3n) is 1.46. The van der Waals surface area contributed by atoms with Crippen molar-refractivity contribution in [2.75, 3.05) is 0 Å². The van der Waals surface area contributed by atoms with Gasteiger partial charge in [-0.05, 0) is 13.0 Å². The lowest BCUT2D eigenvalue weighted by Crippen LogP contribution is -2.22. The van der Waals surface area contributed by atoms with Crippen molar-refractivity contribution in [1.82, 2.24) is 4.98 Å². The molecule has 0 atom stereocenters. The van der Waals surface area contributed by atoms with Crippen LogP contribution in [-0.4, -0.2) is 16.9 Å². The average Bonchev–Trinajstić information content (AvgIpc) is 2.31. The molecular weight excluding hydrogens is 171 g/mol. The van der Waals surface area contributed by atoms with E-state index in [0.29, 0.717) is 0 Å². The SMILES string of the molecule is Cc1[nH]ccc1C(=O)C(F)(F)F. The first-order chi connectivity index (χ1) is 5.43. The summed E-state index contributed by atoms with van der Waals surface area (Å²) in [4.78, 5) is 13.1. The molecule has 0 aliphatic heterocycles. The first-order valence-electron chi connectivity index (χ1n) is 3.18. The zero-order valence-corrected chi connectivity index (χ0v) is 6.20. The Morgan fingerprint density at radius 1 is 1.50 bits per heavy atom. The molecule has 0 aromatic carbocycles. The summed E-state index contributed by atoms with van der Waals surface area (Å²) >= 11 is 0. The fraction of sp³-hybridized carbons (Fsp3) is 0.286. The van der Waals surface area contributed by atoms with Crippen LogP contribution in [0.3, 0.4) is 0 Å². The molecule has 12 heavy (non-hydrogen) atoms. The molecule has 0 radical (unpaired) electrons. The van der Waals surface area contributed by atoms with Gasteiger partial charge in [0, 0.05) is 17.5 Å². The van der Waals surface area contributed by atoms with Gasteiger partial charge in [0.2, 0.25) is 0 Å². The molecule has 0 fully saturated rings. The van der Waals surface area contributed by atoms with E-state index in [4.69, 9.17) is 0 Å². The number of H-pyrrole nitrogens is 1. The van der Waals surface area contributed by atoms with Crippen LogP contribution < -0.4 is 0 Å². The van der Waals surface area contributed by atoms with Crippen molar-refractivity contribution in [3.05, 3.63) is 23.5 Å². The Balaban J connectivity index is 3.01. The quantitative estimate of drug-likeness (QED) is 0.654. The number of rotatable bonds is 1. The number of Topliss-reactive ketones (excluding diaryl/α,β-unsaturated/α-hetero) is 1. The molecule has 1 rings (SSSR count). The van der Waals surface area contributed by atoms with Crippen LogP contribution >= 0.6 is 0 Å². The van der Waals surface area contributed by atoms with Crippen LogP contribution in [0.1, 0.15) is 16.1 Å². The van der Waals surface area contributed by atoms with E-state index in [1.807, 2.05) is 0 Å². The van der Waals surface area contributed by atoms with Crippen molar-refractivity contribution < 1.29 is 18.0 Å². The van der Waals surface area contributed by atoms with Crippen molar-refractivity contribution in [1.29, 1.82) is 0 Å². The number of aromatic nitrogens is 1. The maximum Gasteiger partial charge on any atom is 0.454 e. The van der Waals surface area contributed by atoms with E-state index in [0.717, 1.165) is 6.07 Å². The number of ketones is 1. The number of halogens is 3. The van der Waals surface area contributed by atoms with Crippen molar-refractivity contribution >= 4 is 5.78 Å².